The number of carbonyl (C=O) groups excluding carboxylic acids is 1. The highest BCUT2D eigenvalue weighted by Crippen LogP contribution is 2.47. The van der Waals surface area contributed by atoms with Gasteiger partial charge in [0.2, 0.25) is 5.13 Å². The van der Waals surface area contributed by atoms with E-state index in [0.29, 0.717) is 17.2 Å². The van der Waals surface area contributed by atoms with E-state index in [-0.39, 0.29) is 17.9 Å². The normalized spacial score (nSPS) is 21.1. The van der Waals surface area contributed by atoms with Gasteiger partial charge in [0.15, 0.2) is 0 Å². The van der Waals surface area contributed by atoms with Gasteiger partial charge in [-0.2, -0.15) is 5.10 Å². The average molecular weight is 458 g/mol. The molecule has 2 aliphatic rings. The number of nitrogens with zero attached hydrogens (tertiary/aromatic N) is 3. The van der Waals surface area contributed by atoms with Gasteiger partial charge in [0.25, 0.3) is 0 Å². The molecule has 0 saturated heterocycles. The Hall–Kier alpha value is -3.25. The van der Waals surface area contributed by atoms with Gasteiger partial charge in [0.1, 0.15) is 4.88 Å². The number of allylic oxidation sites excluding steroid dienone is 1. The van der Waals surface area contributed by atoms with Crippen LogP contribution in [0.1, 0.15) is 58.7 Å². The number of carbonyl (C=O) groups is 1. The third-order valence-corrected chi connectivity index (χ3v) is 7.35. The molecule has 1 aliphatic heterocycles. The zero-order valence-corrected chi connectivity index (χ0v) is 19.7. The molecule has 1 aromatic heterocycles. The number of esters is 1. The number of rotatable bonds is 5. The zero-order chi connectivity index (χ0) is 22.8. The second kappa shape index (κ2) is 9.32. The minimum atomic E-state index is -0.316. The summed E-state index contributed by atoms with van der Waals surface area (Å²) in [4.78, 5) is 17.7. The number of hydrazone groups is 1. The second-order valence-electron chi connectivity index (χ2n) is 8.40. The van der Waals surface area contributed by atoms with Crippen molar-refractivity contribution in [1.82, 2.24) is 4.98 Å². The van der Waals surface area contributed by atoms with Crippen molar-refractivity contribution in [1.29, 1.82) is 0 Å². The van der Waals surface area contributed by atoms with Crippen LogP contribution in [0, 0.1) is 12.8 Å². The molecule has 5 nitrogen and oxygen atoms in total. The van der Waals surface area contributed by atoms with Crippen LogP contribution in [0.2, 0.25) is 0 Å². The molecule has 1 saturated carbocycles. The summed E-state index contributed by atoms with van der Waals surface area (Å²) in [5.74, 6) is -0.0321. The van der Waals surface area contributed by atoms with Crippen molar-refractivity contribution in [2.45, 2.75) is 39.2 Å². The van der Waals surface area contributed by atoms with Crippen molar-refractivity contribution >= 4 is 34.2 Å². The maximum Gasteiger partial charge on any atom is 0.350 e. The van der Waals surface area contributed by atoms with Crippen LogP contribution in [0.25, 0.3) is 6.08 Å². The van der Waals surface area contributed by atoms with E-state index in [1.165, 1.54) is 28.0 Å². The van der Waals surface area contributed by atoms with Crippen LogP contribution in [0.15, 0.2) is 71.3 Å². The Morgan fingerprint density at radius 3 is 2.61 bits per heavy atom. The molecule has 0 N–H and O–H groups in total. The molecule has 33 heavy (non-hydrogen) atoms. The van der Waals surface area contributed by atoms with Gasteiger partial charge in [-0.3, -0.25) is 0 Å². The van der Waals surface area contributed by atoms with Crippen LogP contribution < -0.4 is 5.01 Å². The Bertz CT molecular complexity index is 1200. The van der Waals surface area contributed by atoms with E-state index < -0.39 is 0 Å². The molecule has 0 spiro atoms. The molecule has 6 heteroatoms. The van der Waals surface area contributed by atoms with Crippen molar-refractivity contribution in [2.75, 3.05) is 11.6 Å². The highest BCUT2D eigenvalue weighted by atomic mass is 32.1. The van der Waals surface area contributed by atoms with E-state index in [1.54, 1.807) is 0 Å². The Morgan fingerprint density at radius 1 is 1.15 bits per heavy atom. The fourth-order valence-electron chi connectivity index (χ4n) is 4.76. The topological polar surface area (TPSA) is 54.8 Å². The summed E-state index contributed by atoms with van der Waals surface area (Å²) < 4.78 is 5.24. The van der Waals surface area contributed by atoms with Gasteiger partial charge in [0.05, 0.1) is 24.1 Å². The van der Waals surface area contributed by atoms with Crippen LogP contribution >= 0.6 is 11.3 Å². The average Bonchev–Trinajstić information content (AvgIpc) is 3.42. The molecule has 0 unspecified atom stereocenters. The first kappa shape index (κ1) is 21.6. The predicted molar refractivity (Wildman–Crippen MR) is 134 cm³/mol. The van der Waals surface area contributed by atoms with Crippen molar-refractivity contribution in [3.05, 3.63) is 87.9 Å². The summed E-state index contributed by atoms with van der Waals surface area (Å²) in [6, 6.07) is 21.0. The van der Waals surface area contributed by atoms with Gasteiger partial charge in [0, 0.05) is 5.92 Å². The standard InChI is InChI=1S/C27H27N3O2S/c1-3-32-26(31)25-18(2)28-27(33-25)30-24(20-13-8-5-9-14-20)22-16-10-15-21(23(22)29-30)17-19-11-6-4-7-12-19/h4-9,11-14,17,22,24H,3,10,15-16H2,1-2H3/b21-17-/t22-,24-/m0/s1. The lowest BCUT2D eigenvalue weighted by Gasteiger charge is -2.29. The summed E-state index contributed by atoms with van der Waals surface area (Å²) in [6.45, 7) is 4.03. The first-order valence-electron chi connectivity index (χ1n) is 11.5. The van der Waals surface area contributed by atoms with Crippen LogP contribution in [-0.2, 0) is 4.74 Å². The van der Waals surface area contributed by atoms with E-state index in [2.05, 4.69) is 54.6 Å². The van der Waals surface area contributed by atoms with Gasteiger partial charge in [-0.15, -0.1) is 0 Å². The lowest BCUT2D eigenvalue weighted by atomic mass is 9.77. The monoisotopic (exact) mass is 457 g/mol. The smallest absolute Gasteiger partial charge is 0.350 e. The highest BCUT2D eigenvalue weighted by Gasteiger charge is 2.43. The second-order valence-corrected chi connectivity index (χ2v) is 9.37. The first-order valence-corrected chi connectivity index (χ1v) is 12.3. The summed E-state index contributed by atoms with van der Waals surface area (Å²) in [6.07, 6.45) is 5.50. The van der Waals surface area contributed by atoms with E-state index in [9.17, 15) is 4.79 Å². The Morgan fingerprint density at radius 2 is 1.88 bits per heavy atom. The van der Waals surface area contributed by atoms with E-state index >= 15 is 0 Å². The molecule has 1 fully saturated rings. The van der Waals surface area contributed by atoms with Crippen LogP contribution in [0.4, 0.5) is 5.13 Å². The molecule has 1 aliphatic carbocycles. The van der Waals surface area contributed by atoms with Crippen molar-refractivity contribution in [3.63, 3.8) is 0 Å². The fourth-order valence-corrected chi connectivity index (χ4v) is 5.71. The van der Waals surface area contributed by atoms with Crippen molar-refractivity contribution in [3.8, 4) is 0 Å². The maximum absolute atomic E-state index is 12.4. The Balaban J connectivity index is 1.58. The van der Waals surface area contributed by atoms with Gasteiger partial charge in [-0.1, -0.05) is 72.0 Å². The third kappa shape index (κ3) is 4.23. The quantitative estimate of drug-likeness (QED) is 0.414. The number of fused-ring (bicyclic) bond motifs is 1. The molecule has 2 aromatic carbocycles. The lowest BCUT2D eigenvalue weighted by Crippen LogP contribution is -2.28. The number of ether oxygens (including phenoxy) is 1. The third-order valence-electron chi connectivity index (χ3n) is 6.23. The molecule has 2 atom stereocenters. The lowest BCUT2D eigenvalue weighted by molar-refractivity contribution is 0.0531. The van der Waals surface area contributed by atoms with Crippen molar-refractivity contribution in [2.24, 2.45) is 11.0 Å². The van der Waals surface area contributed by atoms with Crippen LogP contribution in [0.3, 0.4) is 0 Å². The molecule has 0 radical (unpaired) electrons. The highest BCUT2D eigenvalue weighted by molar-refractivity contribution is 7.17. The van der Waals surface area contributed by atoms with E-state index in [4.69, 9.17) is 14.8 Å². The first-order chi connectivity index (χ1) is 16.2. The molecule has 3 aromatic rings. The van der Waals surface area contributed by atoms with Gasteiger partial charge in [-0.25, -0.2) is 14.8 Å². The number of thiazole rings is 1. The van der Waals surface area contributed by atoms with Gasteiger partial charge >= 0.3 is 5.97 Å². The summed E-state index contributed by atoms with van der Waals surface area (Å²) in [7, 11) is 0. The van der Waals surface area contributed by atoms with Crippen LogP contribution in [-0.4, -0.2) is 23.3 Å². The molecular weight excluding hydrogens is 430 g/mol. The fraction of sp³-hybridized carbons (Fsp3) is 0.296. The summed E-state index contributed by atoms with van der Waals surface area (Å²) in [5, 5.41) is 7.94. The summed E-state index contributed by atoms with van der Waals surface area (Å²) >= 11 is 1.37. The Kier molecular flexibility index (Phi) is 6.09. The number of aryl methyl sites for hydroxylation is 1. The number of benzene rings is 2. The molecule has 168 valence electrons. The SMILES string of the molecule is CCOC(=O)c1sc(N2N=C3/C(=C\c4ccccc4)CCC[C@@H]3[C@@H]2c2ccccc2)nc1C. The summed E-state index contributed by atoms with van der Waals surface area (Å²) in [5.41, 5.74) is 5.53. The molecule has 5 rings (SSSR count). The molecule has 0 amide bonds. The van der Waals surface area contributed by atoms with Crippen LogP contribution in [0.5, 0.6) is 0 Å². The number of aromatic nitrogens is 1. The molecular formula is C27H27N3O2S. The number of hydrogen-bond acceptors (Lipinski definition) is 6. The number of anilines is 1. The maximum atomic E-state index is 12.4. The number of hydrogen-bond donors (Lipinski definition) is 0. The van der Waals surface area contributed by atoms with Crippen molar-refractivity contribution < 1.29 is 9.53 Å². The van der Waals surface area contributed by atoms with E-state index in [0.717, 1.165) is 30.1 Å². The largest absolute Gasteiger partial charge is 0.462 e. The Labute approximate surface area is 198 Å². The minimum Gasteiger partial charge on any atom is -0.462 e. The molecule has 2 heterocycles. The molecule has 0 bridgehead atoms. The van der Waals surface area contributed by atoms with E-state index in [1.807, 2.05) is 31.0 Å². The van der Waals surface area contributed by atoms with Gasteiger partial charge in [-0.05, 0) is 55.9 Å². The zero-order valence-electron chi connectivity index (χ0n) is 18.9. The van der Waals surface area contributed by atoms with Gasteiger partial charge < -0.3 is 4.74 Å². The predicted octanol–water partition coefficient (Wildman–Crippen LogP) is 6.43. The minimum absolute atomic E-state index is 0.0567.